The van der Waals surface area contributed by atoms with Crippen molar-refractivity contribution in [2.24, 2.45) is 5.10 Å². The summed E-state index contributed by atoms with van der Waals surface area (Å²) in [6.45, 7) is 5.53. The van der Waals surface area contributed by atoms with E-state index in [1.165, 1.54) is 4.68 Å². The molecule has 1 aromatic carbocycles. The Labute approximate surface area is 117 Å². The average molecular weight is 265 g/mol. The monoisotopic (exact) mass is 265 g/mol. The molecule has 0 saturated heterocycles. The highest BCUT2D eigenvalue weighted by atomic mass is 16.1. The molecular formula is C16H15N3O. The highest BCUT2D eigenvalue weighted by molar-refractivity contribution is 5.81. The number of hydrogen-bond donors (Lipinski definition) is 0. The molecule has 0 aliphatic carbocycles. The minimum absolute atomic E-state index is 0.137. The molecule has 4 heteroatoms. The van der Waals surface area contributed by atoms with Crippen LogP contribution in [0.5, 0.6) is 0 Å². The summed E-state index contributed by atoms with van der Waals surface area (Å²) in [4.78, 5) is 12.2. The van der Waals surface area contributed by atoms with Crippen LogP contribution in [0.15, 0.2) is 40.2 Å². The van der Waals surface area contributed by atoms with Gasteiger partial charge in [0.25, 0.3) is 5.56 Å². The molecular weight excluding hydrogens is 250 g/mol. The molecule has 2 rings (SSSR count). The van der Waals surface area contributed by atoms with E-state index in [0.29, 0.717) is 11.3 Å². The SMILES string of the molecule is Cc1ccccc1C=Nn1c(C)cc(C)c(C#N)c1=O. The lowest BCUT2D eigenvalue weighted by molar-refractivity contribution is 0.786. The van der Waals surface area contributed by atoms with E-state index in [4.69, 9.17) is 5.26 Å². The first-order valence-electron chi connectivity index (χ1n) is 6.28. The van der Waals surface area contributed by atoms with Gasteiger partial charge in [0.15, 0.2) is 0 Å². The lowest BCUT2D eigenvalue weighted by Crippen LogP contribution is -2.22. The van der Waals surface area contributed by atoms with Crippen molar-refractivity contribution in [2.45, 2.75) is 20.8 Å². The third kappa shape index (κ3) is 2.52. The lowest BCUT2D eigenvalue weighted by Gasteiger charge is -2.06. The zero-order valence-corrected chi connectivity index (χ0v) is 11.7. The van der Waals surface area contributed by atoms with Crippen LogP contribution < -0.4 is 5.56 Å². The molecule has 2 aromatic rings. The summed E-state index contributed by atoms with van der Waals surface area (Å²) < 4.78 is 1.26. The molecule has 0 N–H and O–H groups in total. The van der Waals surface area contributed by atoms with Gasteiger partial charge < -0.3 is 0 Å². The van der Waals surface area contributed by atoms with Gasteiger partial charge in [0.2, 0.25) is 0 Å². The van der Waals surface area contributed by atoms with Gasteiger partial charge in [-0.3, -0.25) is 4.79 Å². The molecule has 20 heavy (non-hydrogen) atoms. The van der Waals surface area contributed by atoms with Gasteiger partial charge >= 0.3 is 0 Å². The van der Waals surface area contributed by atoms with Crippen LogP contribution in [0.1, 0.15) is 27.9 Å². The summed E-state index contributed by atoms with van der Waals surface area (Å²) in [5.41, 5.74) is 3.16. The van der Waals surface area contributed by atoms with E-state index in [1.54, 1.807) is 26.1 Å². The lowest BCUT2D eigenvalue weighted by atomic mass is 10.1. The largest absolute Gasteiger partial charge is 0.289 e. The second kappa shape index (κ2) is 5.54. The molecule has 100 valence electrons. The van der Waals surface area contributed by atoms with Gasteiger partial charge in [-0.25, -0.2) is 4.68 Å². The number of rotatable bonds is 2. The summed E-state index contributed by atoms with van der Waals surface area (Å²) in [5.74, 6) is 0. The van der Waals surface area contributed by atoms with Crippen molar-refractivity contribution in [1.29, 1.82) is 5.26 Å². The van der Waals surface area contributed by atoms with Crippen molar-refractivity contribution in [3.05, 3.63) is 68.6 Å². The van der Waals surface area contributed by atoms with E-state index >= 15 is 0 Å². The molecule has 4 nitrogen and oxygen atoms in total. The first-order chi connectivity index (χ1) is 9.54. The fourth-order valence-corrected chi connectivity index (χ4v) is 2.01. The Kier molecular flexibility index (Phi) is 3.81. The summed E-state index contributed by atoms with van der Waals surface area (Å²) >= 11 is 0. The maximum atomic E-state index is 12.2. The van der Waals surface area contributed by atoms with Crippen LogP contribution >= 0.6 is 0 Å². The zero-order valence-electron chi connectivity index (χ0n) is 11.7. The van der Waals surface area contributed by atoms with Crippen LogP contribution in [0, 0.1) is 32.1 Å². The highest BCUT2D eigenvalue weighted by Gasteiger charge is 2.08. The molecule has 1 aromatic heterocycles. The van der Waals surface area contributed by atoms with E-state index in [-0.39, 0.29) is 11.1 Å². The number of nitriles is 1. The Morgan fingerprint density at radius 3 is 2.55 bits per heavy atom. The first-order valence-corrected chi connectivity index (χ1v) is 6.28. The Hall–Kier alpha value is -2.67. The van der Waals surface area contributed by atoms with Gasteiger partial charge in [0.05, 0.1) is 6.21 Å². The molecule has 0 radical (unpaired) electrons. The van der Waals surface area contributed by atoms with Crippen molar-refractivity contribution in [3.63, 3.8) is 0 Å². The smallest absolute Gasteiger partial charge is 0.266 e. The Bertz CT molecular complexity index is 779. The number of nitrogens with zero attached hydrogens (tertiary/aromatic N) is 3. The standard InChI is InChI=1S/C16H15N3O/c1-11-6-4-5-7-14(11)10-18-19-13(3)8-12(2)15(9-17)16(19)20/h4-8,10H,1-3H3. The summed E-state index contributed by atoms with van der Waals surface area (Å²) in [7, 11) is 0. The van der Waals surface area contributed by atoms with Crippen LogP contribution in [0.25, 0.3) is 0 Å². The van der Waals surface area contributed by atoms with Gasteiger partial charge in [-0.1, -0.05) is 24.3 Å². The van der Waals surface area contributed by atoms with Crippen LogP contribution in [0.4, 0.5) is 0 Å². The van der Waals surface area contributed by atoms with Crippen LogP contribution in [0.3, 0.4) is 0 Å². The predicted molar refractivity (Wildman–Crippen MR) is 79.1 cm³/mol. The van der Waals surface area contributed by atoms with Crippen molar-refractivity contribution < 1.29 is 0 Å². The molecule has 0 bridgehead atoms. The number of benzene rings is 1. The van der Waals surface area contributed by atoms with Crippen LogP contribution in [0.2, 0.25) is 0 Å². The van der Waals surface area contributed by atoms with Gasteiger partial charge in [0.1, 0.15) is 11.6 Å². The number of aromatic nitrogens is 1. The third-order valence-corrected chi connectivity index (χ3v) is 3.17. The fraction of sp³-hybridized carbons (Fsp3) is 0.188. The minimum atomic E-state index is -0.380. The van der Waals surface area contributed by atoms with E-state index < -0.39 is 0 Å². The Morgan fingerprint density at radius 1 is 1.20 bits per heavy atom. The topological polar surface area (TPSA) is 58.1 Å². The van der Waals surface area contributed by atoms with Crippen molar-refractivity contribution in [3.8, 4) is 6.07 Å². The van der Waals surface area contributed by atoms with Crippen LogP contribution in [-0.4, -0.2) is 10.9 Å². The molecule has 0 unspecified atom stereocenters. The van der Waals surface area contributed by atoms with Crippen molar-refractivity contribution in [1.82, 2.24) is 4.68 Å². The van der Waals surface area contributed by atoms with Gasteiger partial charge in [0, 0.05) is 5.69 Å². The molecule has 0 saturated carbocycles. The minimum Gasteiger partial charge on any atom is -0.266 e. The maximum absolute atomic E-state index is 12.2. The summed E-state index contributed by atoms with van der Waals surface area (Å²) in [6.07, 6.45) is 1.64. The van der Waals surface area contributed by atoms with E-state index in [1.807, 2.05) is 37.3 Å². The molecule has 0 amide bonds. The Morgan fingerprint density at radius 2 is 1.90 bits per heavy atom. The van der Waals surface area contributed by atoms with Gasteiger partial charge in [-0.15, -0.1) is 0 Å². The predicted octanol–water partition coefficient (Wildman–Crippen LogP) is 2.53. The summed E-state index contributed by atoms with van der Waals surface area (Å²) in [6, 6.07) is 11.5. The molecule has 1 heterocycles. The Balaban J connectivity index is 2.53. The molecule has 0 atom stereocenters. The third-order valence-electron chi connectivity index (χ3n) is 3.17. The quantitative estimate of drug-likeness (QED) is 0.783. The van der Waals surface area contributed by atoms with Crippen molar-refractivity contribution in [2.75, 3.05) is 0 Å². The first kappa shape index (κ1) is 13.8. The molecule has 0 aliphatic rings. The normalized spacial score (nSPS) is 10.7. The molecule has 0 fully saturated rings. The number of aryl methyl sites for hydroxylation is 3. The second-order valence-corrected chi connectivity index (χ2v) is 4.67. The highest BCUT2D eigenvalue weighted by Crippen LogP contribution is 2.07. The average Bonchev–Trinajstić information content (AvgIpc) is 2.40. The fourth-order valence-electron chi connectivity index (χ4n) is 2.01. The van der Waals surface area contributed by atoms with Crippen molar-refractivity contribution >= 4 is 6.21 Å². The van der Waals surface area contributed by atoms with Gasteiger partial charge in [-0.2, -0.15) is 10.4 Å². The van der Waals surface area contributed by atoms with Crippen LogP contribution in [-0.2, 0) is 0 Å². The zero-order chi connectivity index (χ0) is 14.7. The van der Waals surface area contributed by atoms with E-state index in [0.717, 1.165) is 11.1 Å². The van der Waals surface area contributed by atoms with E-state index in [2.05, 4.69) is 5.10 Å². The molecule has 0 spiro atoms. The number of hydrogen-bond acceptors (Lipinski definition) is 3. The second-order valence-electron chi connectivity index (χ2n) is 4.67. The maximum Gasteiger partial charge on any atom is 0.289 e. The molecule has 0 aliphatic heterocycles. The number of pyridine rings is 1. The summed E-state index contributed by atoms with van der Waals surface area (Å²) in [5, 5.41) is 13.2. The van der Waals surface area contributed by atoms with E-state index in [9.17, 15) is 4.79 Å². The van der Waals surface area contributed by atoms with Gasteiger partial charge in [-0.05, 0) is 43.5 Å².